The summed E-state index contributed by atoms with van der Waals surface area (Å²) in [5, 5.41) is 13.2. The van der Waals surface area contributed by atoms with Gasteiger partial charge in [0.2, 0.25) is 0 Å². The quantitative estimate of drug-likeness (QED) is 0.776. The van der Waals surface area contributed by atoms with Gasteiger partial charge in [-0.2, -0.15) is 0 Å². The Balaban J connectivity index is 2.42. The molecule has 1 aromatic carbocycles. The van der Waals surface area contributed by atoms with Crippen molar-refractivity contribution in [2.75, 3.05) is 13.7 Å². The van der Waals surface area contributed by atoms with Gasteiger partial charge in [0.1, 0.15) is 5.58 Å². The molecule has 0 saturated carbocycles. The Kier molecular flexibility index (Phi) is 2.52. The van der Waals surface area contributed by atoms with Gasteiger partial charge in [-0.15, -0.1) is 0 Å². The van der Waals surface area contributed by atoms with Crippen LogP contribution >= 0.6 is 0 Å². The first-order valence-electron chi connectivity index (χ1n) is 4.60. The van der Waals surface area contributed by atoms with Gasteiger partial charge in [-0.25, -0.2) is 0 Å². The van der Waals surface area contributed by atoms with Crippen molar-refractivity contribution in [3.63, 3.8) is 0 Å². The average molecular weight is 191 g/mol. The number of aliphatic hydroxyl groups excluding tert-OH is 1. The Labute approximate surface area is 82.3 Å². The third-order valence-corrected chi connectivity index (χ3v) is 2.41. The number of hydrogen-bond donors (Lipinski definition) is 2. The molecular weight excluding hydrogens is 178 g/mol. The third-order valence-electron chi connectivity index (χ3n) is 2.41. The van der Waals surface area contributed by atoms with Gasteiger partial charge in [0.25, 0.3) is 0 Å². The van der Waals surface area contributed by atoms with Crippen LogP contribution < -0.4 is 5.32 Å². The van der Waals surface area contributed by atoms with Gasteiger partial charge in [0.15, 0.2) is 0 Å². The maximum absolute atomic E-state index is 9.12. The molecule has 2 aromatic rings. The lowest BCUT2D eigenvalue weighted by atomic mass is 10.1. The molecule has 3 heteroatoms. The van der Waals surface area contributed by atoms with E-state index in [4.69, 9.17) is 9.52 Å². The van der Waals surface area contributed by atoms with Crippen molar-refractivity contribution in [3.05, 3.63) is 36.1 Å². The molecule has 0 radical (unpaired) electrons. The van der Waals surface area contributed by atoms with E-state index >= 15 is 0 Å². The van der Waals surface area contributed by atoms with Crippen molar-refractivity contribution in [1.82, 2.24) is 5.32 Å². The van der Waals surface area contributed by atoms with E-state index < -0.39 is 0 Å². The van der Waals surface area contributed by atoms with E-state index in [0.29, 0.717) is 0 Å². The molecule has 0 spiro atoms. The summed E-state index contributed by atoms with van der Waals surface area (Å²) >= 11 is 0. The fourth-order valence-corrected chi connectivity index (χ4v) is 1.57. The van der Waals surface area contributed by atoms with Gasteiger partial charge in [-0.05, 0) is 30.8 Å². The van der Waals surface area contributed by atoms with E-state index in [1.165, 1.54) is 0 Å². The highest BCUT2D eigenvalue weighted by atomic mass is 16.3. The van der Waals surface area contributed by atoms with Crippen molar-refractivity contribution in [2.45, 2.75) is 6.04 Å². The average Bonchev–Trinajstić information content (AvgIpc) is 2.66. The molecule has 3 nitrogen and oxygen atoms in total. The Morgan fingerprint density at radius 3 is 3.00 bits per heavy atom. The fraction of sp³-hybridized carbons (Fsp3) is 0.273. The summed E-state index contributed by atoms with van der Waals surface area (Å²) in [7, 11) is 1.83. The Morgan fingerprint density at radius 1 is 1.43 bits per heavy atom. The highest BCUT2D eigenvalue weighted by molar-refractivity contribution is 5.77. The van der Waals surface area contributed by atoms with E-state index in [1.54, 1.807) is 6.26 Å². The zero-order valence-electron chi connectivity index (χ0n) is 8.03. The van der Waals surface area contributed by atoms with Gasteiger partial charge >= 0.3 is 0 Å². The predicted octanol–water partition coefficient (Wildman–Crippen LogP) is 1.69. The van der Waals surface area contributed by atoms with Gasteiger partial charge in [-0.1, -0.05) is 6.07 Å². The molecule has 0 aliphatic heterocycles. The van der Waals surface area contributed by atoms with Crippen LogP contribution in [-0.2, 0) is 0 Å². The van der Waals surface area contributed by atoms with Crippen molar-refractivity contribution in [3.8, 4) is 0 Å². The molecular formula is C11H13NO2. The number of hydrogen-bond acceptors (Lipinski definition) is 3. The van der Waals surface area contributed by atoms with Crippen LogP contribution in [0.2, 0.25) is 0 Å². The Morgan fingerprint density at radius 2 is 2.29 bits per heavy atom. The molecule has 0 saturated heterocycles. The van der Waals surface area contributed by atoms with Crippen LogP contribution in [0, 0.1) is 0 Å². The molecule has 1 atom stereocenters. The van der Waals surface area contributed by atoms with E-state index in [0.717, 1.165) is 16.5 Å². The standard InChI is InChI=1S/C11H13NO2/c1-12-10(7-13)8-2-3-11-9(6-8)4-5-14-11/h2-6,10,12-13H,7H2,1H3/t10-/m1/s1. The van der Waals surface area contributed by atoms with Crippen LogP contribution in [0.5, 0.6) is 0 Å². The number of aliphatic hydroxyl groups is 1. The summed E-state index contributed by atoms with van der Waals surface area (Å²) in [5.74, 6) is 0. The van der Waals surface area contributed by atoms with Crippen LogP contribution in [0.15, 0.2) is 34.9 Å². The molecule has 0 aliphatic carbocycles. The molecule has 0 unspecified atom stereocenters. The van der Waals surface area contributed by atoms with Crippen LogP contribution in [0.1, 0.15) is 11.6 Å². The highest BCUT2D eigenvalue weighted by Crippen LogP contribution is 2.20. The van der Waals surface area contributed by atoms with E-state index in [-0.39, 0.29) is 12.6 Å². The number of nitrogens with one attached hydrogen (secondary N) is 1. The van der Waals surface area contributed by atoms with Crippen molar-refractivity contribution >= 4 is 11.0 Å². The Bertz CT molecular complexity index is 418. The summed E-state index contributed by atoms with van der Waals surface area (Å²) in [4.78, 5) is 0. The second-order valence-electron chi connectivity index (χ2n) is 3.24. The normalized spacial score (nSPS) is 13.3. The molecule has 0 amide bonds. The van der Waals surface area contributed by atoms with Crippen molar-refractivity contribution in [1.29, 1.82) is 0 Å². The number of furan rings is 1. The lowest BCUT2D eigenvalue weighted by molar-refractivity contribution is 0.251. The first-order chi connectivity index (χ1) is 6.85. The lowest BCUT2D eigenvalue weighted by Gasteiger charge is -2.12. The SMILES string of the molecule is CN[C@H](CO)c1ccc2occc2c1. The maximum Gasteiger partial charge on any atom is 0.133 e. The topological polar surface area (TPSA) is 45.4 Å². The first kappa shape index (κ1) is 9.24. The van der Waals surface area contributed by atoms with Gasteiger partial charge < -0.3 is 14.8 Å². The summed E-state index contributed by atoms with van der Waals surface area (Å²) in [6.07, 6.45) is 1.67. The molecule has 2 rings (SSSR count). The van der Waals surface area contributed by atoms with E-state index in [1.807, 2.05) is 31.3 Å². The summed E-state index contributed by atoms with van der Waals surface area (Å²) < 4.78 is 5.24. The smallest absolute Gasteiger partial charge is 0.133 e. The monoisotopic (exact) mass is 191 g/mol. The van der Waals surface area contributed by atoms with Gasteiger partial charge in [-0.3, -0.25) is 0 Å². The van der Waals surface area contributed by atoms with Crippen molar-refractivity contribution in [2.24, 2.45) is 0 Å². The maximum atomic E-state index is 9.12. The van der Waals surface area contributed by atoms with Crippen LogP contribution in [0.4, 0.5) is 0 Å². The molecule has 74 valence electrons. The molecule has 14 heavy (non-hydrogen) atoms. The summed E-state index contributed by atoms with van der Waals surface area (Å²) in [6, 6.07) is 7.82. The largest absolute Gasteiger partial charge is 0.464 e. The second-order valence-corrected chi connectivity index (χ2v) is 3.24. The van der Waals surface area contributed by atoms with Crippen LogP contribution in [-0.4, -0.2) is 18.8 Å². The third kappa shape index (κ3) is 1.52. The number of likely N-dealkylation sites (N-methyl/N-ethyl adjacent to an activating group) is 1. The minimum absolute atomic E-state index is 0.00528. The Hall–Kier alpha value is -1.32. The highest BCUT2D eigenvalue weighted by Gasteiger charge is 2.08. The lowest BCUT2D eigenvalue weighted by Crippen LogP contribution is -2.19. The second kappa shape index (κ2) is 3.82. The molecule has 0 bridgehead atoms. The first-order valence-corrected chi connectivity index (χ1v) is 4.60. The molecule has 0 aliphatic rings. The van der Waals surface area contributed by atoms with E-state index in [2.05, 4.69) is 5.32 Å². The molecule has 2 N–H and O–H groups in total. The zero-order valence-corrected chi connectivity index (χ0v) is 8.03. The van der Waals surface area contributed by atoms with Gasteiger partial charge in [0.05, 0.1) is 18.9 Å². The van der Waals surface area contributed by atoms with E-state index in [9.17, 15) is 0 Å². The van der Waals surface area contributed by atoms with Crippen LogP contribution in [0.3, 0.4) is 0 Å². The molecule has 0 fully saturated rings. The minimum Gasteiger partial charge on any atom is -0.464 e. The number of rotatable bonds is 3. The van der Waals surface area contributed by atoms with Gasteiger partial charge in [0, 0.05) is 5.39 Å². The zero-order chi connectivity index (χ0) is 9.97. The van der Waals surface area contributed by atoms with Crippen LogP contribution in [0.25, 0.3) is 11.0 Å². The minimum atomic E-state index is -0.00528. The number of benzene rings is 1. The molecule has 1 aromatic heterocycles. The predicted molar refractivity (Wildman–Crippen MR) is 55.1 cm³/mol. The summed E-state index contributed by atoms with van der Waals surface area (Å²) in [5.41, 5.74) is 1.95. The molecule has 1 heterocycles. The summed E-state index contributed by atoms with van der Waals surface area (Å²) in [6.45, 7) is 0.0971. The fourth-order valence-electron chi connectivity index (χ4n) is 1.57. The number of fused-ring (bicyclic) bond motifs is 1. The van der Waals surface area contributed by atoms with Crippen molar-refractivity contribution < 1.29 is 9.52 Å².